The zero-order valence-corrected chi connectivity index (χ0v) is 12.5. The Morgan fingerprint density at radius 2 is 2.09 bits per heavy atom. The molecule has 0 unspecified atom stereocenters. The van der Waals surface area contributed by atoms with E-state index in [1.807, 2.05) is 37.3 Å². The lowest BCUT2D eigenvalue weighted by Gasteiger charge is -2.12. The van der Waals surface area contributed by atoms with Crippen LogP contribution in [0.4, 0.5) is 17.2 Å². The van der Waals surface area contributed by atoms with Crippen molar-refractivity contribution in [3.63, 3.8) is 0 Å². The van der Waals surface area contributed by atoms with Crippen molar-refractivity contribution in [2.45, 2.75) is 19.8 Å². The van der Waals surface area contributed by atoms with Crippen LogP contribution in [0.1, 0.15) is 19.8 Å². The van der Waals surface area contributed by atoms with Crippen molar-refractivity contribution in [3.8, 4) is 5.75 Å². The summed E-state index contributed by atoms with van der Waals surface area (Å²) in [4.78, 5) is 15.9. The first-order chi connectivity index (χ1) is 10.8. The van der Waals surface area contributed by atoms with Gasteiger partial charge in [0.1, 0.15) is 11.6 Å². The molecule has 0 aliphatic heterocycles. The number of benzene rings is 1. The number of anilines is 3. The summed E-state index contributed by atoms with van der Waals surface area (Å²) in [6.45, 7) is 2.57. The summed E-state index contributed by atoms with van der Waals surface area (Å²) in [6.07, 6.45) is 3.67. The second kappa shape index (κ2) is 6.47. The zero-order valence-electron chi connectivity index (χ0n) is 12.5. The van der Waals surface area contributed by atoms with Gasteiger partial charge in [-0.25, -0.2) is 4.98 Å². The lowest BCUT2D eigenvalue weighted by atomic mass is 10.2. The lowest BCUT2D eigenvalue weighted by molar-refractivity contribution is -0.117. The van der Waals surface area contributed by atoms with Crippen molar-refractivity contribution in [3.05, 3.63) is 42.6 Å². The van der Waals surface area contributed by atoms with E-state index in [9.17, 15) is 4.79 Å². The summed E-state index contributed by atoms with van der Waals surface area (Å²) in [5.41, 5.74) is 1.73. The summed E-state index contributed by atoms with van der Waals surface area (Å²) in [7, 11) is 0. The van der Waals surface area contributed by atoms with Gasteiger partial charge in [0, 0.05) is 5.92 Å². The average Bonchev–Trinajstić information content (AvgIpc) is 3.36. The Morgan fingerprint density at radius 1 is 1.27 bits per heavy atom. The van der Waals surface area contributed by atoms with Gasteiger partial charge < -0.3 is 15.4 Å². The van der Waals surface area contributed by atoms with E-state index in [1.54, 1.807) is 12.3 Å². The summed E-state index contributed by atoms with van der Waals surface area (Å²) in [5, 5.41) is 6.10. The maximum Gasteiger partial charge on any atom is 0.228 e. The highest BCUT2D eigenvalue weighted by molar-refractivity contribution is 5.93. The molecule has 2 aromatic rings. The molecule has 1 amide bonds. The molecule has 3 rings (SSSR count). The first-order valence-electron chi connectivity index (χ1n) is 7.52. The highest BCUT2D eigenvalue weighted by Crippen LogP contribution is 2.30. The Labute approximate surface area is 129 Å². The van der Waals surface area contributed by atoms with Gasteiger partial charge in [-0.3, -0.25) is 4.79 Å². The third-order valence-electron chi connectivity index (χ3n) is 3.43. The van der Waals surface area contributed by atoms with Gasteiger partial charge >= 0.3 is 0 Å². The normalized spacial score (nSPS) is 13.5. The smallest absolute Gasteiger partial charge is 0.228 e. The number of rotatable bonds is 6. The molecule has 0 radical (unpaired) electrons. The van der Waals surface area contributed by atoms with E-state index in [0.717, 1.165) is 30.0 Å². The minimum absolute atomic E-state index is 0.0647. The molecular formula is C17H19N3O2. The number of nitrogens with one attached hydrogen (secondary N) is 2. The molecule has 0 bridgehead atoms. The Hall–Kier alpha value is -2.56. The van der Waals surface area contributed by atoms with Gasteiger partial charge in [0.25, 0.3) is 0 Å². The van der Waals surface area contributed by atoms with Gasteiger partial charge in [0.2, 0.25) is 5.91 Å². The molecule has 1 aromatic carbocycles. The van der Waals surface area contributed by atoms with E-state index in [4.69, 9.17) is 4.74 Å². The molecule has 0 atom stereocenters. The Kier molecular flexibility index (Phi) is 4.23. The first-order valence-corrected chi connectivity index (χ1v) is 7.52. The molecule has 0 spiro atoms. The van der Waals surface area contributed by atoms with Crippen molar-refractivity contribution in [1.82, 2.24) is 4.98 Å². The van der Waals surface area contributed by atoms with Crippen LogP contribution in [0.3, 0.4) is 0 Å². The molecule has 2 N–H and O–H groups in total. The molecule has 114 valence electrons. The van der Waals surface area contributed by atoms with Crippen LogP contribution in [-0.4, -0.2) is 17.5 Å². The third kappa shape index (κ3) is 3.55. The summed E-state index contributed by atoms with van der Waals surface area (Å²) < 4.78 is 5.58. The Bertz CT molecular complexity index is 651. The van der Waals surface area contributed by atoms with E-state index in [2.05, 4.69) is 15.6 Å². The van der Waals surface area contributed by atoms with E-state index < -0.39 is 0 Å². The van der Waals surface area contributed by atoms with Crippen molar-refractivity contribution < 1.29 is 9.53 Å². The first kappa shape index (κ1) is 14.4. The molecule has 1 aliphatic carbocycles. The molecule has 22 heavy (non-hydrogen) atoms. The largest absolute Gasteiger partial charge is 0.492 e. The zero-order chi connectivity index (χ0) is 15.4. The molecule has 5 nitrogen and oxygen atoms in total. The van der Waals surface area contributed by atoms with E-state index >= 15 is 0 Å². The SMILES string of the molecule is CCOc1ccccc1Nc1ccc(NC(=O)C2CC2)nc1. The predicted molar refractivity (Wildman–Crippen MR) is 86.5 cm³/mol. The van der Waals surface area contributed by atoms with Crippen molar-refractivity contribution in [2.24, 2.45) is 5.92 Å². The average molecular weight is 297 g/mol. The minimum atomic E-state index is 0.0647. The number of nitrogens with zero attached hydrogens (tertiary/aromatic N) is 1. The summed E-state index contributed by atoms with van der Waals surface area (Å²) in [5.74, 6) is 1.63. The maximum atomic E-state index is 11.7. The van der Waals surface area contributed by atoms with E-state index in [0.29, 0.717) is 12.4 Å². The van der Waals surface area contributed by atoms with Gasteiger partial charge in [-0.2, -0.15) is 0 Å². The van der Waals surface area contributed by atoms with Gasteiger partial charge in [-0.1, -0.05) is 12.1 Å². The van der Waals surface area contributed by atoms with Crippen LogP contribution in [0, 0.1) is 5.92 Å². The number of amides is 1. The summed E-state index contributed by atoms with van der Waals surface area (Å²) in [6, 6.07) is 11.4. The third-order valence-corrected chi connectivity index (χ3v) is 3.43. The topological polar surface area (TPSA) is 63.2 Å². The predicted octanol–water partition coefficient (Wildman–Crippen LogP) is 3.57. The Balaban J connectivity index is 1.66. The number of hydrogen-bond acceptors (Lipinski definition) is 4. The Morgan fingerprint density at radius 3 is 2.77 bits per heavy atom. The molecule has 1 heterocycles. The molecule has 1 saturated carbocycles. The number of ether oxygens (including phenoxy) is 1. The van der Waals surface area contributed by atoms with E-state index in [1.165, 1.54) is 0 Å². The highest BCUT2D eigenvalue weighted by atomic mass is 16.5. The van der Waals surface area contributed by atoms with Crippen LogP contribution in [0.25, 0.3) is 0 Å². The molecule has 0 saturated heterocycles. The van der Waals surface area contributed by atoms with Gasteiger partial charge in [0.15, 0.2) is 0 Å². The molecular weight excluding hydrogens is 278 g/mol. The molecule has 1 aliphatic rings. The number of para-hydroxylation sites is 2. The fourth-order valence-electron chi connectivity index (χ4n) is 2.12. The number of pyridine rings is 1. The van der Waals surface area contributed by atoms with Crippen LogP contribution in [-0.2, 0) is 4.79 Å². The number of aromatic nitrogens is 1. The molecule has 1 fully saturated rings. The minimum Gasteiger partial charge on any atom is -0.492 e. The highest BCUT2D eigenvalue weighted by Gasteiger charge is 2.29. The van der Waals surface area contributed by atoms with Crippen LogP contribution in [0.5, 0.6) is 5.75 Å². The van der Waals surface area contributed by atoms with Crippen LogP contribution in [0.15, 0.2) is 42.6 Å². The number of hydrogen-bond donors (Lipinski definition) is 2. The second-order valence-electron chi connectivity index (χ2n) is 5.25. The number of carbonyl (C=O) groups excluding carboxylic acids is 1. The molecule has 5 heteroatoms. The van der Waals surface area contributed by atoms with Crippen LogP contribution in [0.2, 0.25) is 0 Å². The summed E-state index contributed by atoms with van der Waals surface area (Å²) >= 11 is 0. The van der Waals surface area contributed by atoms with E-state index in [-0.39, 0.29) is 11.8 Å². The van der Waals surface area contributed by atoms with Gasteiger partial charge in [0.05, 0.1) is 24.2 Å². The fourth-order valence-corrected chi connectivity index (χ4v) is 2.12. The lowest BCUT2D eigenvalue weighted by Crippen LogP contribution is -2.14. The number of carbonyl (C=O) groups is 1. The monoisotopic (exact) mass is 297 g/mol. The van der Waals surface area contributed by atoms with Crippen molar-refractivity contribution in [1.29, 1.82) is 0 Å². The van der Waals surface area contributed by atoms with Crippen molar-refractivity contribution >= 4 is 23.1 Å². The van der Waals surface area contributed by atoms with Crippen molar-refractivity contribution in [2.75, 3.05) is 17.2 Å². The molecule has 1 aromatic heterocycles. The maximum absolute atomic E-state index is 11.7. The van der Waals surface area contributed by atoms with Gasteiger partial charge in [-0.05, 0) is 44.0 Å². The standard InChI is InChI=1S/C17H19N3O2/c1-2-22-15-6-4-3-5-14(15)19-13-9-10-16(18-11-13)20-17(21)12-7-8-12/h3-6,9-12,19H,2,7-8H2,1H3,(H,18,20,21). The fraction of sp³-hybridized carbons (Fsp3) is 0.294. The van der Waals surface area contributed by atoms with Gasteiger partial charge in [-0.15, -0.1) is 0 Å². The van der Waals surface area contributed by atoms with Crippen LogP contribution >= 0.6 is 0 Å². The van der Waals surface area contributed by atoms with Crippen LogP contribution < -0.4 is 15.4 Å². The quantitative estimate of drug-likeness (QED) is 0.855. The second-order valence-corrected chi connectivity index (χ2v) is 5.25.